The van der Waals surface area contributed by atoms with E-state index in [1.54, 1.807) is 19.1 Å². The lowest BCUT2D eigenvalue weighted by Crippen LogP contribution is -2.36. The molecule has 0 saturated carbocycles. The molecule has 2 heterocycles. The van der Waals surface area contributed by atoms with E-state index in [0.717, 1.165) is 20.4 Å². The van der Waals surface area contributed by atoms with Gasteiger partial charge in [-0.15, -0.1) is 11.3 Å². The average Bonchev–Trinajstić information content (AvgIpc) is 3.35. The second-order valence-electron chi connectivity index (χ2n) is 6.92. The van der Waals surface area contributed by atoms with E-state index in [9.17, 15) is 4.79 Å². The molecule has 0 aliphatic carbocycles. The van der Waals surface area contributed by atoms with Crippen LogP contribution >= 0.6 is 22.7 Å². The van der Waals surface area contributed by atoms with Crippen LogP contribution in [0.2, 0.25) is 0 Å². The molecule has 0 aliphatic rings. The van der Waals surface area contributed by atoms with E-state index in [4.69, 9.17) is 14.5 Å². The summed E-state index contributed by atoms with van der Waals surface area (Å²) in [7, 11) is 7.16. The van der Waals surface area contributed by atoms with Gasteiger partial charge in [0, 0.05) is 25.2 Å². The predicted molar refractivity (Wildman–Crippen MR) is 123 cm³/mol. The third kappa shape index (κ3) is 3.96. The Bertz CT molecular complexity index is 1130. The quantitative estimate of drug-likeness (QED) is 0.429. The predicted octanol–water partition coefficient (Wildman–Crippen LogP) is 4.13. The van der Waals surface area contributed by atoms with Crippen molar-refractivity contribution in [1.29, 1.82) is 0 Å². The molecule has 4 rings (SSSR count). The highest BCUT2D eigenvalue weighted by molar-refractivity contribution is 7.23. The maximum absolute atomic E-state index is 13.4. The lowest BCUT2D eigenvalue weighted by molar-refractivity contribution is 0.0985. The molecule has 156 valence electrons. The van der Waals surface area contributed by atoms with Gasteiger partial charge in [-0.05, 0) is 26.2 Å². The normalized spacial score (nSPS) is 11.4. The molecule has 0 saturated heterocycles. The van der Waals surface area contributed by atoms with E-state index in [1.807, 2.05) is 55.4 Å². The zero-order valence-corrected chi connectivity index (χ0v) is 18.8. The molecule has 0 spiro atoms. The molecule has 9 heteroatoms. The number of hydrogen-bond donors (Lipinski definition) is 0. The molecule has 4 aromatic rings. The SMILES string of the molecule is COc1cc2nc(N(CCN(C)C)C(=O)c3nc4ccccc4s3)sc2cc1OC. The summed E-state index contributed by atoms with van der Waals surface area (Å²) >= 11 is 2.85. The number of rotatable bonds is 7. The average molecular weight is 443 g/mol. The first-order valence-electron chi connectivity index (χ1n) is 9.35. The fourth-order valence-electron chi connectivity index (χ4n) is 3.02. The van der Waals surface area contributed by atoms with Crippen molar-refractivity contribution < 1.29 is 14.3 Å². The summed E-state index contributed by atoms with van der Waals surface area (Å²) in [6.07, 6.45) is 0. The van der Waals surface area contributed by atoms with E-state index < -0.39 is 0 Å². The zero-order chi connectivity index (χ0) is 21.3. The number of nitrogens with zero attached hydrogens (tertiary/aromatic N) is 4. The summed E-state index contributed by atoms with van der Waals surface area (Å²) in [5.74, 6) is 1.10. The molecular formula is C21H22N4O3S2. The van der Waals surface area contributed by atoms with Crippen molar-refractivity contribution in [2.45, 2.75) is 0 Å². The highest BCUT2D eigenvalue weighted by atomic mass is 32.1. The Morgan fingerprint density at radius 1 is 0.933 bits per heavy atom. The van der Waals surface area contributed by atoms with Gasteiger partial charge in [-0.2, -0.15) is 0 Å². The van der Waals surface area contributed by atoms with Gasteiger partial charge in [-0.3, -0.25) is 9.69 Å². The Balaban J connectivity index is 1.75. The van der Waals surface area contributed by atoms with Gasteiger partial charge in [-0.1, -0.05) is 23.5 Å². The number of benzene rings is 2. The molecule has 2 aromatic heterocycles. The molecule has 0 N–H and O–H groups in total. The van der Waals surface area contributed by atoms with Crippen LogP contribution in [0.5, 0.6) is 11.5 Å². The molecule has 0 aliphatic heterocycles. The number of carbonyl (C=O) groups excluding carboxylic acids is 1. The van der Waals surface area contributed by atoms with Crippen molar-refractivity contribution in [2.24, 2.45) is 0 Å². The van der Waals surface area contributed by atoms with Crippen LogP contribution in [-0.2, 0) is 0 Å². The van der Waals surface area contributed by atoms with E-state index in [2.05, 4.69) is 4.98 Å². The maximum atomic E-state index is 13.4. The Labute approximate surface area is 182 Å². The number of amides is 1. The van der Waals surface area contributed by atoms with Crippen LogP contribution in [0.4, 0.5) is 5.13 Å². The first-order chi connectivity index (χ1) is 14.5. The summed E-state index contributed by atoms with van der Waals surface area (Å²) in [5.41, 5.74) is 1.59. The Morgan fingerprint density at radius 2 is 1.67 bits per heavy atom. The van der Waals surface area contributed by atoms with E-state index in [1.165, 1.54) is 22.7 Å². The number of anilines is 1. The molecule has 0 unspecified atom stereocenters. The van der Waals surface area contributed by atoms with Gasteiger partial charge in [0.1, 0.15) is 0 Å². The first-order valence-corrected chi connectivity index (χ1v) is 11.0. The monoisotopic (exact) mass is 442 g/mol. The molecule has 0 fully saturated rings. The van der Waals surface area contributed by atoms with E-state index in [-0.39, 0.29) is 5.91 Å². The van der Waals surface area contributed by atoms with Crippen LogP contribution in [0.3, 0.4) is 0 Å². The van der Waals surface area contributed by atoms with Crippen LogP contribution in [0.25, 0.3) is 20.4 Å². The number of aromatic nitrogens is 2. The molecule has 30 heavy (non-hydrogen) atoms. The van der Waals surface area contributed by atoms with Crippen molar-refractivity contribution in [1.82, 2.24) is 14.9 Å². The second-order valence-corrected chi connectivity index (χ2v) is 8.96. The standard InChI is InChI=1S/C21H22N4O3S2/c1-24(2)9-10-25(20(26)19-22-13-7-5-6-8-17(13)29-19)21-23-14-11-15(27-3)16(28-4)12-18(14)30-21/h5-8,11-12H,9-10H2,1-4H3. The van der Waals surface area contributed by atoms with Gasteiger partial charge in [-0.25, -0.2) is 9.97 Å². The maximum Gasteiger partial charge on any atom is 0.289 e. The highest BCUT2D eigenvalue weighted by Gasteiger charge is 2.25. The first kappa shape index (κ1) is 20.5. The second kappa shape index (κ2) is 8.55. The highest BCUT2D eigenvalue weighted by Crippen LogP contribution is 2.37. The van der Waals surface area contributed by atoms with Gasteiger partial charge in [0.15, 0.2) is 21.6 Å². The van der Waals surface area contributed by atoms with Crippen molar-refractivity contribution in [3.8, 4) is 11.5 Å². The van der Waals surface area contributed by atoms with E-state index >= 15 is 0 Å². The minimum Gasteiger partial charge on any atom is -0.493 e. The van der Waals surface area contributed by atoms with Crippen molar-refractivity contribution >= 4 is 54.1 Å². The Hall–Kier alpha value is -2.75. The lowest BCUT2D eigenvalue weighted by atomic mass is 10.3. The van der Waals surface area contributed by atoms with Gasteiger partial charge in [0.25, 0.3) is 5.91 Å². The number of ether oxygens (including phenoxy) is 2. The summed E-state index contributed by atoms with van der Waals surface area (Å²) in [4.78, 5) is 26.4. The molecular weight excluding hydrogens is 420 g/mol. The number of carbonyl (C=O) groups is 1. The zero-order valence-electron chi connectivity index (χ0n) is 17.2. The number of hydrogen-bond acceptors (Lipinski definition) is 8. The largest absolute Gasteiger partial charge is 0.493 e. The molecule has 0 bridgehead atoms. The van der Waals surface area contributed by atoms with Gasteiger partial charge < -0.3 is 14.4 Å². The van der Waals surface area contributed by atoms with Crippen LogP contribution < -0.4 is 14.4 Å². The molecule has 1 amide bonds. The molecule has 0 radical (unpaired) electrons. The molecule has 0 atom stereocenters. The van der Waals surface area contributed by atoms with Crippen LogP contribution in [-0.4, -0.2) is 62.2 Å². The van der Waals surface area contributed by atoms with Crippen LogP contribution in [0.1, 0.15) is 9.80 Å². The fourth-order valence-corrected chi connectivity index (χ4v) is 4.94. The molecule has 2 aromatic carbocycles. The van der Waals surface area contributed by atoms with Crippen LogP contribution in [0, 0.1) is 0 Å². The summed E-state index contributed by atoms with van der Waals surface area (Å²) in [6.45, 7) is 1.22. The number of para-hydroxylation sites is 1. The topological polar surface area (TPSA) is 67.8 Å². The fraction of sp³-hybridized carbons (Fsp3) is 0.286. The third-order valence-corrected chi connectivity index (χ3v) is 6.67. The lowest BCUT2D eigenvalue weighted by Gasteiger charge is -2.20. The summed E-state index contributed by atoms with van der Waals surface area (Å²) in [5, 5.41) is 1.09. The van der Waals surface area contributed by atoms with Gasteiger partial charge in [0.05, 0.1) is 34.7 Å². The number of methoxy groups -OCH3 is 2. The molecule has 7 nitrogen and oxygen atoms in total. The van der Waals surface area contributed by atoms with Crippen molar-refractivity contribution in [3.05, 3.63) is 41.4 Å². The minimum absolute atomic E-state index is 0.143. The van der Waals surface area contributed by atoms with Gasteiger partial charge in [0.2, 0.25) is 0 Å². The summed E-state index contributed by atoms with van der Waals surface area (Å²) in [6, 6.07) is 11.5. The number of thiazole rings is 2. The summed E-state index contributed by atoms with van der Waals surface area (Å²) < 4.78 is 12.7. The van der Waals surface area contributed by atoms with Crippen molar-refractivity contribution in [3.63, 3.8) is 0 Å². The Kier molecular flexibility index (Phi) is 5.85. The Morgan fingerprint density at radius 3 is 2.37 bits per heavy atom. The van der Waals surface area contributed by atoms with E-state index in [0.29, 0.717) is 34.7 Å². The number of fused-ring (bicyclic) bond motifs is 2. The third-order valence-electron chi connectivity index (χ3n) is 4.61. The van der Waals surface area contributed by atoms with Crippen molar-refractivity contribution in [2.75, 3.05) is 46.3 Å². The van der Waals surface area contributed by atoms with Crippen LogP contribution in [0.15, 0.2) is 36.4 Å². The minimum atomic E-state index is -0.143. The van der Waals surface area contributed by atoms with Gasteiger partial charge >= 0.3 is 0 Å². The number of likely N-dealkylation sites (N-methyl/N-ethyl adjacent to an activating group) is 1. The smallest absolute Gasteiger partial charge is 0.289 e.